The number of para-hydroxylation sites is 2. The lowest BCUT2D eigenvalue weighted by Crippen LogP contribution is -2.38. The lowest BCUT2D eigenvalue weighted by Gasteiger charge is -2.26. The summed E-state index contributed by atoms with van der Waals surface area (Å²) >= 11 is 1.92. The number of thioether (sulfide) groups is 1. The highest BCUT2D eigenvalue weighted by molar-refractivity contribution is 7.99. The molecule has 0 saturated carbocycles. The van der Waals surface area contributed by atoms with Gasteiger partial charge < -0.3 is 9.88 Å². The highest BCUT2D eigenvalue weighted by Gasteiger charge is 2.16. The van der Waals surface area contributed by atoms with E-state index in [0.717, 1.165) is 41.5 Å². The number of carbonyl (C=O) groups excluding carboxylic acids is 1. The van der Waals surface area contributed by atoms with Crippen molar-refractivity contribution >= 4 is 28.7 Å². The van der Waals surface area contributed by atoms with E-state index in [-0.39, 0.29) is 5.91 Å². The van der Waals surface area contributed by atoms with E-state index >= 15 is 0 Å². The zero-order chi connectivity index (χ0) is 13.1. The number of fused-ring (bicyclic) bond motifs is 1. The Hall–Kier alpha value is -1.49. The molecule has 1 fully saturated rings. The average molecular weight is 275 g/mol. The summed E-state index contributed by atoms with van der Waals surface area (Å²) in [6.45, 7) is 1.78. The second kappa shape index (κ2) is 5.65. The first-order chi connectivity index (χ1) is 9.33. The number of amides is 1. The number of hydrogen-bond donors (Lipinski definition) is 1. The van der Waals surface area contributed by atoms with Crippen LogP contribution in [0, 0.1) is 0 Å². The Bertz CT molecular complexity index is 542. The van der Waals surface area contributed by atoms with Crippen LogP contribution in [0.5, 0.6) is 0 Å². The van der Waals surface area contributed by atoms with Crippen molar-refractivity contribution < 1.29 is 4.79 Å². The number of nitrogens with one attached hydrogen (secondary N) is 1. The van der Waals surface area contributed by atoms with Gasteiger partial charge in [-0.15, -0.1) is 0 Å². The molecule has 1 saturated heterocycles. The van der Waals surface area contributed by atoms with Gasteiger partial charge in [-0.05, 0) is 12.1 Å². The Labute approximate surface area is 116 Å². The van der Waals surface area contributed by atoms with Gasteiger partial charge in [-0.25, -0.2) is 4.98 Å². The van der Waals surface area contributed by atoms with Crippen LogP contribution in [-0.2, 0) is 11.2 Å². The van der Waals surface area contributed by atoms with Crippen LogP contribution in [0.1, 0.15) is 12.2 Å². The molecule has 1 aromatic heterocycles. The van der Waals surface area contributed by atoms with Crippen LogP contribution >= 0.6 is 11.8 Å². The molecule has 0 unspecified atom stereocenters. The lowest BCUT2D eigenvalue weighted by molar-refractivity contribution is -0.130. The Morgan fingerprint density at radius 3 is 2.89 bits per heavy atom. The quantitative estimate of drug-likeness (QED) is 0.933. The Kier molecular flexibility index (Phi) is 3.73. The third-order valence-corrected chi connectivity index (χ3v) is 4.32. The van der Waals surface area contributed by atoms with Crippen LogP contribution in [0.4, 0.5) is 0 Å². The van der Waals surface area contributed by atoms with Crippen molar-refractivity contribution in [3.63, 3.8) is 0 Å². The predicted octanol–water partition coefficient (Wildman–Crippen LogP) is 2.07. The Balaban J connectivity index is 1.60. The maximum absolute atomic E-state index is 12.1. The summed E-state index contributed by atoms with van der Waals surface area (Å²) < 4.78 is 0. The van der Waals surface area contributed by atoms with Crippen molar-refractivity contribution in [1.29, 1.82) is 0 Å². The topological polar surface area (TPSA) is 49.0 Å². The molecule has 0 aliphatic carbocycles. The molecule has 0 radical (unpaired) electrons. The van der Waals surface area contributed by atoms with Gasteiger partial charge in [-0.1, -0.05) is 12.1 Å². The molecule has 1 N–H and O–H groups in total. The first kappa shape index (κ1) is 12.5. The lowest BCUT2D eigenvalue weighted by atomic mass is 10.2. The number of benzene rings is 1. The minimum Gasteiger partial charge on any atom is -0.342 e. The van der Waals surface area contributed by atoms with E-state index in [9.17, 15) is 4.79 Å². The van der Waals surface area contributed by atoms with Crippen LogP contribution in [-0.4, -0.2) is 45.4 Å². The monoisotopic (exact) mass is 275 g/mol. The van der Waals surface area contributed by atoms with Gasteiger partial charge in [0.1, 0.15) is 5.82 Å². The average Bonchev–Trinajstić information content (AvgIpc) is 2.88. The largest absolute Gasteiger partial charge is 0.342 e. The number of rotatable bonds is 3. The molecule has 2 heterocycles. The Morgan fingerprint density at radius 1 is 1.32 bits per heavy atom. The molecule has 19 heavy (non-hydrogen) atoms. The molecule has 2 aromatic rings. The maximum atomic E-state index is 12.1. The van der Waals surface area contributed by atoms with E-state index in [1.807, 2.05) is 40.9 Å². The van der Waals surface area contributed by atoms with Gasteiger partial charge >= 0.3 is 0 Å². The van der Waals surface area contributed by atoms with Gasteiger partial charge in [-0.2, -0.15) is 11.8 Å². The molecule has 100 valence electrons. The van der Waals surface area contributed by atoms with Crippen molar-refractivity contribution in [2.75, 3.05) is 24.6 Å². The van der Waals surface area contributed by atoms with E-state index < -0.39 is 0 Å². The van der Waals surface area contributed by atoms with E-state index in [2.05, 4.69) is 9.97 Å². The zero-order valence-corrected chi connectivity index (χ0v) is 11.6. The van der Waals surface area contributed by atoms with Gasteiger partial charge in [0.05, 0.1) is 11.0 Å². The second-order valence-corrected chi connectivity index (χ2v) is 5.92. The Morgan fingerprint density at radius 2 is 2.11 bits per heavy atom. The number of hydrogen-bond acceptors (Lipinski definition) is 3. The fourth-order valence-corrected chi connectivity index (χ4v) is 3.22. The van der Waals surface area contributed by atoms with Crippen LogP contribution in [0.15, 0.2) is 24.3 Å². The second-order valence-electron chi connectivity index (χ2n) is 4.69. The molecule has 1 aromatic carbocycles. The molecule has 0 spiro atoms. The van der Waals surface area contributed by atoms with Crippen molar-refractivity contribution in [3.8, 4) is 0 Å². The number of aromatic nitrogens is 2. The van der Waals surface area contributed by atoms with Crippen LogP contribution in [0.3, 0.4) is 0 Å². The molecule has 3 rings (SSSR count). The minimum absolute atomic E-state index is 0.251. The summed E-state index contributed by atoms with van der Waals surface area (Å²) in [4.78, 5) is 21.8. The van der Waals surface area contributed by atoms with Gasteiger partial charge in [0, 0.05) is 37.4 Å². The van der Waals surface area contributed by atoms with E-state index in [0.29, 0.717) is 12.8 Å². The molecule has 0 bridgehead atoms. The van der Waals surface area contributed by atoms with E-state index in [1.165, 1.54) is 0 Å². The number of nitrogens with zero attached hydrogens (tertiary/aromatic N) is 2. The fraction of sp³-hybridized carbons (Fsp3) is 0.429. The molecule has 4 nitrogen and oxygen atoms in total. The van der Waals surface area contributed by atoms with Crippen LogP contribution in [0.25, 0.3) is 11.0 Å². The summed E-state index contributed by atoms with van der Waals surface area (Å²) in [5.74, 6) is 3.29. The van der Waals surface area contributed by atoms with Crippen molar-refractivity contribution in [2.24, 2.45) is 0 Å². The molecular weight excluding hydrogens is 258 g/mol. The fourth-order valence-electron chi connectivity index (χ4n) is 2.32. The summed E-state index contributed by atoms with van der Waals surface area (Å²) in [5, 5.41) is 0. The van der Waals surface area contributed by atoms with Gasteiger partial charge in [0.2, 0.25) is 5.91 Å². The first-order valence-electron chi connectivity index (χ1n) is 6.62. The normalized spacial score (nSPS) is 15.9. The van der Waals surface area contributed by atoms with Gasteiger partial charge in [-0.3, -0.25) is 4.79 Å². The molecular formula is C14H17N3OS. The molecule has 0 atom stereocenters. The molecule has 1 aliphatic rings. The van der Waals surface area contributed by atoms with Gasteiger partial charge in [0.25, 0.3) is 0 Å². The molecule has 1 aliphatic heterocycles. The van der Waals surface area contributed by atoms with Gasteiger partial charge in [0.15, 0.2) is 0 Å². The first-order valence-corrected chi connectivity index (χ1v) is 7.77. The molecule has 1 amide bonds. The number of imidazole rings is 1. The summed E-state index contributed by atoms with van der Waals surface area (Å²) in [6.07, 6.45) is 1.24. The van der Waals surface area contributed by atoms with Crippen molar-refractivity contribution in [1.82, 2.24) is 14.9 Å². The zero-order valence-electron chi connectivity index (χ0n) is 10.8. The van der Waals surface area contributed by atoms with Crippen molar-refractivity contribution in [2.45, 2.75) is 12.8 Å². The third-order valence-electron chi connectivity index (χ3n) is 3.38. The predicted molar refractivity (Wildman–Crippen MR) is 78.3 cm³/mol. The minimum atomic E-state index is 0.251. The summed E-state index contributed by atoms with van der Waals surface area (Å²) in [5.41, 5.74) is 2.01. The number of carbonyl (C=O) groups is 1. The van der Waals surface area contributed by atoms with Crippen LogP contribution < -0.4 is 0 Å². The molecule has 5 heteroatoms. The number of aromatic amines is 1. The number of aryl methyl sites for hydroxylation is 1. The third kappa shape index (κ3) is 2.92. The van der Waals surface area contributed by atoms with Crippen molar-refractivity contribution in [3.05, 3.63) is 30.1 Å². The smallest absolute Gasteiger partial charge is 0.223 e. The summed E-state index contributed by atoms with van der Waals surface area (Å²) in [6, 6.07) is 7.96. The SMILES string of the molecule is O=C(CCc1nc2ccccc2[nH]1)N1CCSCC1. The standard InChI is InChI=1S/C14H17N3OS/c18-14(17-7-9-19-10-8-17)6-5-13-15-11-3-1-2-4-12(11)16-13/h1-4H,5-10H2,(H,15,16). The maximum Gasteiger partial charge on any atom is 0.223 e. The number of H-pyrrole nitrogens is 1. The summed E-state index contributed by atoms with van der Waals surface area (Å²) in [7, 11) is 0. The van der Waals surface area contributed by atoms with E-state index in [4.69, 9.17) is 0 Å². The highest BCUT2D eigenvalue weighted by Crippen LogP contribution is 2.13. The highest BCUT2D eigenvalue weighted by atomic mass is 32.2. The van der Waals surface area contributed by atoms with Crippen LogP contribution in [0.2, 0.25) is 0 Å². The van der Waals surface area contributed by atoms with E-state index in [1.54, 1.807) is 0 Å².